The third kappa shape index (κ3) is 3.62. The minimum Gasteiger partial charge on any atom is -0.361 e. The number of hydrogen-bond acceptors (Lipinski definition) is 1. The number of para-hydroxylation sites is 1. The fraction of sp³-hybridized carbons (Fsp3) is 0.250. The zero-order valence-electron chi connectivity index (χ0n) is 13.7. The second-order valence-corrected chi connectivity index (χ2v) is 6.39. The second kappa shape index (κ2) is 7.54. The largest absolute Gasteiger partial charge is 0.361 e. The topological polar surface area (TPSA) is 44.9 Å². The van der Waals surface area contributed by atoms with Gasteiger partial charge in [-0.15, -0.1) is 0 Å². The SMILES string of the molecule is CCCNC(=O)CC(c1cccc(Cl)c1)c1c[nH]c2ccccc12. The molecule has 24 heavy (non-hydrogen) atoms. The lowest BCUT2D eigenvalue weighted by molar-refractivity contribution is -0.121. The molecule has 0 spiro atoms. The number of amides is 1. The van der Waals surface area contributed by atoms with Crippen LogP contribution in [0.15, 0.2) is 54.7 Å². The summed E-state index contributed by atoms with van der Waals surface area (Å²) < 4.78 is 0. The van der Waals surface area contributed by atoms with Crippen LogP contribution < -0.4 is 5.32 Å². The summed E-state index contributed by atoms with van der Waals surface area (Å²) in [5, 5.41) is 4.81. The van der Waals surface area contributed by atoms with Crippen molar-refractivity contribution >= 4 is 28.4 Å². The van der Waals surface area contributed by atoms with E-state index in [0.29, 0.717) is 18.0 Å². The molecule has 0 aliphatic carbocycles. The first-order chi connectivity index (χ1) is 11.7. The molecule has 1 heterocycles. The molecule has 124 valence electrons. The van der Waals surface area contributed by atoms with Crippen molar-refractivity contribution in [2.75, 3.05) is 6.54 Å². The van der Waals surface area contributed by atoms with Crippen LogP contribution in [0.5, 0.6) is 0 Å². The van der Waals surface area contributed by atoms with Gasteiger partial charge >= 0.3 is 0 Å². The van der Waals surface area contributed by atoms with Gasteiger partial charge in [0.25, 0.3) is 0 Å². The molecule has 0 bridgehead atoms. The van der Waals surface area contributed by atoms with E-state index in [1.807, 2.05) is 55.6 Å². The van der Waals surface area contributed by atoms with Crippen molar-refractivity contribution in [3.05, 3.63) is 70.9 Å². The maximum absolute atomic E-state index is 12.3. The maximum atomic E-state index is 12.3. The molecule has 1 aromatic heterocycles. The number of fused-ring (bicyclic) bond motifs is 1. The lowest BCUT2D eigenvalue weighted by Crippen LogP contribution is -2.26. The summed E-state index contributed by atoms with van der Waals surface area (Å²) in [6, 6.07) is 15.9. The summed E-state index contributed by atoms with van der Waals surface area (Å²) in [6.07, 6.45) is 3.34. The van der Waals surface area contributed by atoms with Crippen molar-refractivity contribution in [3.63, 3.8) is 0 Å². The smallest absolute Gasteiger partial charge is 0.220 e. The zero-order chi connectivity index (χ0) is 16.9. The Kier molecular flexibility index (Phi) is 5.21. The van der Waals surface area contributed by atoms with Crippen molar-refractivity contribution in [2.45, 2.75) is 25.7 Å². The first-order valence-electron chi connectivity index (χ1n) is 8.27. The molecular weight excluding hydrogens is 320 g/mol. The quantitative estimate of drug-likeness (QED) is 0.660. The summed E-state index contributed by atoms with van der Waals surface area (Å²) in [5.74, 6) is 0.0313. The Hall–Kier alpha value is -2.26. The number of halogens is 1. The normalized spacial score (nSPS) is 12.2. The third-order valence-corrected chi connectivity index (χ3v) is 4.44. The molecule has 2 N–H and O–H groups in total. The van der Waals surface area contributed by atoms with Crippen molar-refractivity contribution in [2.24, 2.45) is 0 Å². The molecule has 3 nitrogen and oxygen atoms in total. The van der Waals surface area contributed by atoms with Crippen molar-refractivity contribution in [1.82, 2.24) is 10.3 Å². The van der Waals surface area contributed by atoms with Crippen LogP contribution in [-0.2, 0) is 4.79 Å². The lowest BCUT2D eigenvalue weighted by Gasteiger charge is -2.17. The molecule has 0 radical (unpaired) electrons. The van der Waals surface area contributed by atoms with Gasteiger partial charge < -0.3 is 10.3 Å². The van der Waals surface area contributed by atoms with Gasteiger partial charge in [-0.3, -0.25) is 4.79 Å². The second-order valence-electron chi connectivity index (χ2n) is 5.95. The fourth-order valence-corrected chi connectivity index (χ4v) is 3.23. The van der Waals surface area contributed by atoms with Gasteiger partial charge in [0.2, 0.25) is 5.91 Å². The minimum atomic E-state index is -0.0308. The van der Waals surface area contributed by atoms with Gasteiger partial charge in [0.1, 0.15) is 0 Å². The summed E-state index contributed by atoms with van der Waals surface area (Å²) in [7, 11) is 0. The Labute approximate surface area is 147 Å². The number of H-pyrrole nitrogens is 1. The van der Waals surface area contributed by atoms with Gasteiger partial charge in [-0.1, -0.05) is 48.9 Å². The van der Waals surface area contributed by atoms with Crippen LogP contribution in [-0.4, -0.2) is 17.4 Å². The number of aromatic nitrogens is 1. The molecule has 0 aliphatic rings. The molecule has 1 atom stereocenters. The Balaban J connectivity index is 2.00. The van der Waals surface area contributed by atoms with E-state index in [9.17, 15) is 4.79 Å². The highest BCUT2D eigenvalue weighted by atomic mass is 35.5. The zero-order valence-corrected chi connectivity index (χ0v) is 14.4. The van der Waals surface area contributed by atoms with E-state index in [4.69, 9.17) is 11.6 Å². The third-order valence-electron chi connectivity index (χ3n) is 4.21. The summed E-state index contributed by atoms with van der Waals surface area (Å²) in [6.45, 7) is 2.75. The van der Waals surface area contributed by atoms with E-state index < -0.39 is 0 Å². The van der Waals surface area contributed by atoms with Gasteiger partial charge in [-0.2, -0.15) is 0 Å². The number of aromatic amines is 1. The van der Waals surface area contributed by atoms with Crippen LogP contribution >= 0.6 is 11.6 Å². The first kappa shape index (κ1) is 16.6. The predicted molar refractivity (Wildman–Crippen MR) is 99.5 cm³/mol. The average Bonchev–Trinajstić information content (AvgIpc) is 3.02. The molecule has 1 amide bonds. The average molecular weight is 341 g/mol. The monoisotopic (exact) mass is 340 g/mol. The molecule has 4 heteroatoms. The van der Waals surface area contributed by atoms with Crippen LogP contribution in [0.2, 0.25) is 5.02 Å². The number of rotatable bonds is 6. The number of nitrogens with one attached hydrogen (secondary N) is 2. The number of hydrogen-bond donors (Lipinski definition) is 2. The van der Waals surface area contributed by atoms with E-state index in [1.165, 1.54) is 0 Å². The molecular formula is C20H21ClN2O. The van der Waals surface area contributed by atoms with E-state index in [1.54, 1.807) is 0 Å². The Morgan fingerprint density at radius 2 is 2.04 bits per heavy atom. The van der Waals surface area contributed by atoms with Gasteiger partial charge in [0.15, 0.2) is 0 Å². The van der Waals surface area contributed by atoms with E-state index in [-0.39, 0.29) is 11.8 Å². The molecule has 3 rings (SSSR count). The lowest BCUT2D eigenvalue weighted by atomic mass is 9.88. The highest BCUT2D eigenvalue weighted by Crippen LogP contribution is 2.34. The predicted octanol–water partition coefficient (Wildman–Crippen LogP) is 4.87. The van der Waals surface area contributed by atoms with Crippen LogP contribution in [0.3, 0.4) is 0 Å². The number of carbonyl (C=O) groups excluding carboxylic acids is 1. The standard InChI is InChI=1S/C20H21ClN2O/c1-2-10-22-20(24)12-17(14-6-5-7-15(21)11-14)18-13-23-19-9-4-3-8-16(18)19/h3-9,11,13,17,23H,2,10,12H2,1H3,(H,22,24). The Morgan fingerprint density at radius 1 is 1.21 bits per heavy atom. The molecule has 2 aromatic carbocycles. The van der Waals surface area contributed by atoms with Crippen molar-refractivity contribution in [3.8, 4) is 0 Å². The van der Waals surface area contributed by atoms with Crippen LogP contribution in [0, 0.1) is 0 Å². The first-order valence-corrected chi connectivity index (χ1v) is 8.65. The van der Waals surface area contributed by atoms with Gasteiger partial charge in [0.05, 0.1) is 0 Å². The van der Waals surface area contributed by atoms with Crippen LogP contribution in [0.1, 0.15) is 36.8 Å². The molecule has 0 saturated heterocycles. The highest BCUT2D eigenvalue weighted by Gasteiger charge is 2.21. The van der Waals surface area contributed by atoms with Crippen molar-refractivity contribution in [1.29, 1.82) is 0 Å². The maximum Gasteiger partial charge on any atom is 0.220 e. The van der Waals surface area contributed by atoms with E-state index >= 15 is 0 Å². The summed E-state index contributed by atoms with van der Waals surface area (Å²) in [4.78, 5) is 15.7. The summed E-state index contributed by atoms with van der Waals surface area (Å²) >= 11 is 6.18. The Bertz CT molecular complexity index is 840. The number of benzene rings is 2. The molecule has 0 fully saturated rings. The van der Waals surface area contributed by atoms with E-state index in [0.717, 1.165) is 28.5 Å². The number of carbonyl (C=O) groups is 1. The van der Waals surface area contributed by atoms with Crippen LogP contribution in [0.25, 0.3) is 10.9 Å². The summed E-state index contributed by atoms with van der Waals surface area (Å²) in [5.41, 5.74) is 3.26. The molecule has 3 aromatic rings. The molecule has 1 unspecified atom stereocenters. The molecule has 0 saturated carbocycles. The van der Waals surface area contributed by atoms with Crippen LogP contribution in [0.4, 0.5) is 0 Å². The molecule has 0 aliphatic heterocycles. The highest BCUT2D eigenvalue weighted by molar-refractivity contribution is 6.30. The van der Waals surface area contributed by atoms with Gasteiger partial charge in [-0.25, -0.2) is 0 Å². The fourth-order valence-electron chi connectivity index (χ4n) is 3.03. The minimum absolute atomic E-state index is 0.0308. The van der Waals surface area contributed by atoms with E-state index in [2.05, 4.69) is 16.4 Å². The van der Waals surface area contributed by atoms with Gasteiger partial charge in [0, 0.05) is 41.0 Å². The Morgan fingerprint density at radius 3 is 2.83 bits per heavy atom. The van der Waals surface area contributed by atoms with Gasteiger partial charge in [-0.05, 0) is 35.7 Å². The van der Waals surface area contributed by atoms with Crippen molar-refractivity contribution < 1.29 is 4.79 Å².